The Balaban J connectivity index is 1.93. The number of likely N-dealkylation sites (tertiary alicyclic amines) is 1. The molecule has 68 valence electrons. The lowest BCUT2D eigenvalue weighted by Crippen LogP contribution is -2.30. The summed E-state index contributed by atoms with van der Waals surface area (Å²) in [5.41, 5.74) is 6.03. The van der Waals surface area contributed by atoms with E-state index in [9.17, 15) is 0 Å². The summed E-state index contributed by atoms with van der Waals surface area (Å²) in [6.07, 6.45) is 4.59. The number of hydrogen-bond acceptors (Lipinski definition) is 2. The minimum absolute atomic E-state index is 0.477. The summed E-state index contributed by atoms with van der Waals surface area (Å²) in [5.74, 6) is 1.67. The second kappa shape index (κ2) is 3.19. The van der Waals surface area contributed by atoms with E-state index in [0.717, 1.165) is 18.4 Å². The van der Waals surface area contributed by atoms with Gasteiger partial charge in [0.05, 0.1) is 0 Å². The molecule has 1 heterocycles. The first-order valence-corrected chi connectivity index (χ1v) is 4.90. The average molecular weight is 166 g/mol. The summed E-state index contributed by atoms with van der Waals surface area (Å²) in [6, 6.07) is 0.477. The second-order valence-corrected chi connectivity index (χ2v) is 4.17. The molecule has 2 heteroatoms. The highest BCUT2D eigenvalue weighted by molar-refractivity contribution is 4.96. The number of nitrogens with two attached hydrogens (primary N) is 1. The van der Waals surface area contributed by atoms with Crippen LogP contribution in [-0.4, -0.2) is 30.6 Å². The molecule has 1 aliphatic carbocycles. The fourth-order valence-corrected chi connectivity index (χ4v) is 2.73. The van der Waals surface area contributed by atoms with Gasteiger partial charge in [-0.3, -0.25) is 4.90 Å². The van der Waals surface area contributed by atoms with E-state index in [1.165, 1.54) is 25.9 Å². The standard InChI is InChI=1S/C10H18N2/c1-2-5-12-6-8-3-4-10(11)9(8)7-12/h2,8-10H,1,3-7,11H2. The van der Waals surface area contributed by atoms with Crippen LogP contribution in [-0.2, 0) is 0 Å². The molecule has 1 aliphatic heterocycles. The lowest BCUT2D eigenvalue weighted by Gasteiger charge is -2.15. The molecule has 0 spiro atoms. The van der Waals surface area contributed by atoms with Crippen LogP contribution in [0.4, 0.5) is 0 Å². The van der Waals surface area contributed by atoms with Crippen molar-refractivity contribution in [3.8, 4) is 0 Å². The van der Waals surface area contributed by atoms with Crippen molar-refractivity contribution in [2.75, 3.05) is 19.6 Å². The summed E-state index contributed by atoms with van der Waals surface area (Å²) in [5, 5.41) is 0. The Morgan fingerprint density at radius 3 is 2.92 bits per heavy atom. The van der Waals surface area contributed by atoms with Crippen molar-refractivity contribution in [3.05, 3.63) is 12.7 Å². The highest BCUT2D eigenvalue weighted by Crippen LogP contribution is 2.36. The number of hydrogen-bond donors (Lipinski definition) is 1. The van der Waals surface area contributed by atoms with E-state index in [2.05, 4.69) is 11.5 Å². The van der Waals surface area contributed by atoms with Gasteiger partial charge in [-0.15, -0.1) is 6.58 Å². The lowest BCUT2D eigenvalue weighted by molar-refractivity contribution is 0.337. The third-order valence-electron chi connectivity index (χ3n) is 3.38. The molecule has 3 atom stereocenters. The van der Waals surface area contributed by atoms with Crippen molar-refractivity contribution in [1.29, 1.82) is 0 Å². The van der Waals surface area contributed by atoms with Gasteiger partial charge in [-0.1, -0.05) is 6.08 Å². The molecule has 0 aromatic heterocycles. The molecule has 2 aliphatic rings. The average Bonchev–Trinajstić information content (AvgIpc) is 2.55. The Kier molecular flexibility index (Phi) is 2.20. The first kappa shape index (κ1) is 8.27. The van der Waals surface area contributed by atoms with Crippen molar-refractivity contribution < 1.29 is 0 Å². The maximum atomic E-state index is 6.03. The Bertz CT molecular complexity index is 179. The minimum atomic E-state index is 0.477. The van der Waals surface area contributed by atoms with Gasteiger partial charge in [0.1, 0.15) is 0 Å². The van der Waals surface area contributed by atoms with Crippen molar-refractivity contribution in [2.45, 2.75) is 18.9 Å². The van der Waals surface area contributed by atoms with Crippen molar-refractivity contribution in [1.82, 2.24) is 4.90 Å². The molecule has 2 rings (SSSR count). The summed E-state index contributed by atoms with van der Waals surface area (Å²) >= 11 is 0. The molecular formula is C10H18N2. The van der Waals surface area contributed by atoms with Crippen molar-refractivity contribution in [3.63, 3.8) is 0 Å². The fourth-order valence-electron chi connectivity index (χ4n) is 2.73. The quantitative estimate of drug-likeness (QED) is 0.616. The van der Waals surface area contributed by atoms with E-state index in [1.54, 1.807) is 0 Å². The van der Waals surface area contributed by atoms with Crippen LogP contribution in [0.1, 0.15) is 12.8 Å². The predicted molar refractivity (Wildman–Crippen MR) is 50.8 cm³/mol. The molecule has 12 heavy (non-hydrogen) atoms. The zero-order chi connectivity index (χ0) is 8.55. The van der Waals surface area contributed by atoms with E-state index in [-0.39, 0.29) is 0 Å². The van der Waals surface area contributed by atoms with Gasteiger partial charge in [0.15, 0.2) is 0 Å². The zero-order valence-corrected chi connectivity index (χ0v) is 7.58. The predicted octanol–water partition coefficient (Wildman–Crippen LogP) is 0.842. The summed E-state index contributed by atoms with van der Waals surface area (Å²) in [6.45, 7) is 7.27. The summed E-state index contributed by atoms with van der Waals surface area (Å²) in [4.78, 5) is 2.47. The molecule has 1 saturated carbocycles. The molecule has 2 nitrogen and oxygen atoms in total. The Morgan fingerprint density at radius 1 is 1.42 bits per heavy atom. The van der Waals surface area contributed by atoms with Crippen LogP contribution in [0.3, 0.4) is 0 Å². The first-order valence-electron chi connectivity index (χ1n) is 4.90. The van der Waals surface area contributed by atoms with Gasteiger partial charge in [-0.25, -0.2) is 0 Å². The molecule has 0 aromatic rings. The van der Waals surface area contributed by atoms with Gasteiger partial charge in [0.25, 0.3) is 0 Å². The van der Waals surface area contributed by atoms with Crippen LogP contribution in [0.2, 0.25) is 0 Å². The normalized spacial score (nSPS) is 41.6. The lowest BCUT2D eigenvalue weighted by atomic mass is 9.98. The Hall–Kier alpha value is -0.340. The van der Waals surface area contributed by atoms with E-state index < -0.39 is 0 Å². The molecular weight excluding hydrogens is 148 g/mol. The Morgan fingerprint density at radius 2 is 2.25 bits per heavy atom. The van der Waals surface area contributed by atoms with E-state index >= 15 is 0 Å². The van der Waals surface area contributed by atoms with Crippen LogP contribution >= 0.6 is 0 Å². The molecule has 0 bridgehead atoms. The molecule has 2 fully saturated rings. The van der Waals surface area contributed by atoms with Crippen LogP contribution in [0.15, 0.2) is 12.7 Å². The molecule has 0 amide bonds. The minimum Gasteiger partial charge on any atom is -0.327 e. The maximum Gasteiger partial charge on any atom is 0.0160 e. The van der Waals surface area contributed by atoms with Gasteiger partial charge in [-0.05, 0) is 24.7 Å². The number of nitrogens with zero attached hydrogens (tertiary/aromatic N) is 1. The molecule has 2 N–H and O–H groups in total. The SMILES string of the molecule is C=CCN1CC2CCC(N)C2C1. The van der Waals surface area contributed by atoms with Crippen molar-refractivity contribution in [2.24, 2.45) is 17.6 Å². The van der Waals surface area contributed by atoms with E-state index in [1.807, 2.05) is 6.08 Å². The molecule has 3 unspecified atom stereocenters. The topological polar surface area (TPSA) is 29.3 Å². The summed E-state index contributed by atoms with van der Waals surface area (Å²) in [7, 11) is 0. The zero-order valence-electron chi connectivity index (χ0n) is 7.58. The smallest absolute Gasteiger partial charge is 0.0160 e. The third kappa shape index (κ3) is 1.29. The molecule has 0 radical (unpaired) electrons. The van der Waals surface area contributed by atoms with Gasteiger partial charge in [0.2, 0.25) is 0 Å². The van der Waals surface area contributed by atoms with Gasteiger partial charge >= 0.3 is 0 Å². The van der Waals surface area contributed by atoms with Crippen LogP contribution in [0, 0.1) is 11.8 Å². The molecule has 1 saturated heterocycles. The first-order chi connectivity index (χ1) is 5.81. The van der Waals surface area contributed by atoms with E-state index in [4.69, 9.17) is 5.73 Å². The monoisotopic (exact) mass is 166 g/mol. The van der Waals surface area contributed by atoms with Crippen LogP contribution in [0.25, 0.3) is 0 Å². The van der Waals surface area contributed by atoms with Crippen LogP contribution < -0.4 is 5.73 Å². The number of rotatable bonds is 2. The maximum absolute atomic E-state index is 6.03. The fraction of sp³-hybridized carbons (Fsp3) is 0.800. The largest absolute Gasteiger partial charge is 0.327 e. The van der Waals surface area contributed by atoms with Gasteiger partial charge in [-0.2, -0.15) is 0 Å². The Labute approximate surface area is 74.4 Å². The van der Waals surface area contributed by atoms with Crippen LogP contribution in [0.5, 0.6) is 0 Å². The third-order valence-corrected chi connectivity index (χ3v) is 3.38. The second-order valence-electron chi connectivity index (χ2n) is 4.17. The van der Waals surface area contributed by atoms with Gasteiger partial charge in [0, 0.05) is 25.7 Å². The number of fused-ring (bicyclic) bond motifs is 1. The van der Waals surface area contributed by atoms with E-state index in [0.29, 0.717) is 6.04 Å². The highest BCUT2D eigenvalue weighted by Gasteiger charge is 2.40. The highest BCUT2D eigenvalue weighted by atomic mass is 15.2. The van der Waals surface area contributed by atoms with Crippen molar-refractivity contribution >= 4 is 0 Å². The summed E-state index contributed by atoms with van der Waals surface area (Å²) < 4.78 is 0. The van der Waals surface area contributed by atoms with Gasteiger partial charge < -0.3 is 5.73 Å². The molecule has 0 aromatic carbocycles.